The molecule has 1 fully saturated rings. The van der Waals surface area contributed by atoms with Gasteiger partial charge in [-0.3, -0.25) is 4.79 Å². The number of rotatable bonds is 8. The first-order valence-corrected chi connectivity index (χ1v) is 12.7. The van der Waals surface area contributed by atoms with Crippen molar-refractivity contribution in [2.75, 3.05) is 31.9 Å². The molecule has 0 radical (unpaired) electrons. The maximum absolute atomic E-state index is 12.8. The van der Waals surface area contributed by atoms with Crippen LogP contribution in [-0.2, 0) is 13.0 Å². The fourth-order valence-electron chi connectivity index (χ4n) is 5.15. The highest BCUT2D eigenvalue weighted by Gasteiger charge is 2.21. The lowest BCUT2D eigenvalue weighted by atomic mass is 10.1. The molecule has 1 aliphatic heterocycles. The second-order valence-electron chi connectivity index (χ2n) is 9.52. The summed E-state index contributed by atoms with van der Waals surface area (Å²) in [5.74, 6) is -0.117. The molecule has 7 nitrogen and oxygen atoms in total. The SMILES string of the molecule is Nc1ncc(-c2cccc(CN[C@H]3CCc4ccccc43)c2)nc1C(=O)NCCN1CCCCC1. The van der Waals surface area contributed by atoms with Crippen molar-refractivity contribution in [2.24, 2.45) is 0 Å². The van der Waals surface area contributed by atoms with Crippen molar-refractivity contribution in [1.29, 1.82) is 0 Å². The number of nitrogen functional groups attached to an aromatic ring is 1. The van der Waals surface area contributed by atoms with Crippen LogP contribution in [0.25, 0.3) is 11.3 Å². The normalized spacial score (nSPS) is 17.8. The summed E-state index contributed by atoms with van der Waals surface area (Å²) in [7, 11) is 0. The number of aryl methyl sites for hydroxylation is 1. The molecule has 1 saturated heterocycles. The molecule has 1 amide bonds. The molecule has 2 aromatic carbocycles. The Kier molecular flexibility index (Phi) is 7.35. The third kappa shape index (κ3) is 5.69. The fourth-order valence-corrected chi connectivity index (χ4v) is 5.15. The van der Waals surface area contributed by atoms with E-state index in [1.54, 1.807) is 6.20 Å². The molecule has 2 heterocycles. The van der Waals surface area contributed by atoms with Crippen LogP contribution >= 0.6 is 0 Å². The molecule has 182 valence electrons. The van der Waals surface area contributed by atoms with Crippen LogP contribution in [0, 0.1) is 0 Å². The number of fused-ring (bicyclic) bond motifs is 1. The zero-order chi connectivity index (χ0) is 24.0. The number of benzene rings is 2. The quantitative estimate of drug-likeness (QED) is 0.464. The number of nitrogens with two attached hydrogens (primary N) is 1. The first kappa shape index (κ1) is 23.5. The van der Waals surface area contributed by atoms with Gasteiger partial charge >= 0.3 is 0 Å². The molecule has 0 saturated carbocycles. The van der Waals surface area contributed by atoms with Crippen LogP contribution in [0.2, 0.25) is 0 Å². The van der Waals surface area contributed by atoms with Crippen LogP contribution in [0.1, 0.15) is 58.9 Å². The van der Waals surface area contributed by atoms with Gasteiger partial charge in [0.2, 0.25) is 0 Å². The standard InChI is InChI=1S/C28H34N6O/c29-27-26(28(35)30-13-16-34-14-4-1-5-15-34)33-25(19-32-27)22-9-6-7-20(17-22)18-31-24-12-11-21-8-2-3-10-23(21)24/h2-3,6-10,17,19,24,31H,1,4-5,11-16,18H2,(H2,29,32)(H,30,35)/t24-/m0/s1. The van der Waals surface area contributed by atoms with Crippen LogP contribution in [0.5, 0.6) is 0 Å². The highest BCUT2D eigenvalue weighted by Crippen LogP contribution is 2.31. The van der Waals surface area contributed by atoms with E-state index in [1.807, 2.05) is 12.1 Å². The van der Waals surface area contributed by atoms with Gasteiger partial charge in [0.1, 0.15) is 0 Å². The molecule has 5 rings (SSSR count). The van der Waals surface area contributed by atoms with E-state index in [-0.39, 0.29) is 17.4 Å². The third-order valence-corrected chi connectivity index (χ3v) is 7.09. The molecule has 35 heavy (non-hydrogen) atoms. The number of aromatic nitrogens is 2. The van der Waals surface area contributed by atoms with Gasteiger partial charge in [-0.25, -0.2) is 9.97 Å². The summed E-state index contributed by atoms with van der Waals surface area (Å²) in [6.45, 7) is 4.39. The Balaban J connectivity index is 1.22. The largest absolute Gasteiger partial charge is 0.382 e. The Labute approximate surface area is 207 Å². The van der Waals surface area contributed by atoms with E-state index in [2.05, 4.69) is 61.9 Å². The van der Waals surface area contributed by atoms with Crippen molar-refractivity contribution in [1.82, 2.24) is 25.5 Å². The molecular formula is C28H34N6O. The Morgan fingerprint density at radius 3 is 2.83 bits per heavy atom. The summed E-state index contributed by atoms with van der Waals surface area (Å²) in [5.41, 5.74) is 11.8. The average molecular weight is 471 g/mol. The van der Waals surface area contributed by atoms with E-state index in [0.717, 1.165) is 50.1 Å². The summed E-state index contributed by atoms with van der Waals surface area (Å²) < 4.78 is 0. The molecule has 3 aromatic rings. The van der Waals surface area contributed by atoms with Gasteiger partial charge in [-0.15, -0.1) is 0 Å². The predicted molar refractivity (Wildman–Crippen MR) is 139 cm³/mol. The number of hydrogen-bond acceptors (Lipinski definition) is 6. The molecule has 4 N–H and O–H groups in total. The lowest BCUT2D eigenvalue weighted by Gasteiger charge is -2.26. The van der Waals surface area contributed by atoms with Crippen molar-refractivity contribution < 1.29 is 4.79 Å². The summed E-state index contributed by atoms with van der Waals surface area (Å²) in [6.07, 6.45) is 7.65. The molecule has 0 bridgehead atoms. The lowest BCUT2D eigenvalue weighted by molar-refractivity contribution is 0.0942. The van der Waals surface area contributed by atoms with Crippen molar-refractivity contribution in [3.05, 3.63) is 77.1 Å². The number of anilines is 1. The average Bonchev–Trinajstić information content (AvgIpc) is 3.31. The van der Waals surface area contributed by atoms with Crippen molar-refractivity contribution in [3.8, 4) is 11.3 Å². The predicted octanol–water partition coefficient (Wildman–Crippen LogP) is 3.72. The lowest BCUT2D eigenvalue weighted by Crippen LogP contribution is -2.38. The maximum atomic E-state index is 12.8. The van der Waals surface area contributed by atoms with Gasteiger partial charge in [-0.05, 0) is 61.5 Å². The van der Waals surface area contributed by atoms with Crippen LogP contribution in [-0.4, -0.2) is 47.0 Å². The van der Waals surface area contributed by atoms with Gasteiger partial charge < -0.3 is 21.3 Å². The highest BCUT2D eigenvalue weighted by atomic mass is 16.1. The zero-order valence-corrected chi connectivity index (χ0v) is 20.2. The topological polar surface area (TPSA) is 96.2 Å². The van der Waals surface area contributed by atoms with Gasteiger partial charge in [0.25, 0.3) is 5.91 Å². The second-order valence-corrected chi connectivity index (χ2v) is 9.52. The number of piperidine rings is 1. The van der Waals surface area contributed by atoms with Crippen LogP contribution in [0.3, 0.4) is 0 Å². The molecule has 0 spiro atoms. The Morgan fingerprint density at radius 2 is 1.94 bits per heavy atom. The number of amides is 1. The first-order valence-electron chi connectivity index (χ1n) is 12.7. The van der Waals surface area contributed by atoms with Crippen LogP contribution in [0.15, 0.2) is 54.7 Å². The number of hydrogen-bond donors (Lipinski definition) is 3. The molecule has 2 aliphatic rings. The van der Waals surface area contributed by atoms with Gasteiger partial charge in [0, 0.05) is 31.2 Å². The molecule has 1 aromatic heterocycles. The van der Waals surface area contributed by atoms with Crippen molar-refractivity contribution >= 4 is 11.7 Å². The maximum Gasteiger partial charge on any atom is 0.273 e. The Bertz CT molecular complexity index is 1170. The molecule has 0 unspecified atom stereocenters. The highest BCUT2D eigenvalue weighted by molar-refractivity contribution is 5.96. The Hall–Kier alpha value is -3.29. The van der Waals surface area contributed by atoms with Gasteiger partial charge in [0.05, 0.1) is 11.9 Å². The van der Waals surface area contributed by atoms with E-state index in [0.29, 0.717) is 18.3 Å². The monoisotopic (exact) mass is 470 g/mol. The number of carbonyl (C=O) groups excluding carboxylic acids is 1. The zero-order valence-electron chi connectivity index (χ0n) is 20.2. The summed E-state index contributed by atoms with van der Waals surface area (Å²) in [4.78, 5) is 24.0. The van der Waals surface area contributed by atoms with Gasteiger partial charge in [-0.1, -0.05) is 48.9 Å². The van der Waals surface area contributed by atoms with E-state index in [9.17, 15) is 4.79 Å². The van der Waals surface area contributed by atoms with E-state index in [4.69, 9.17) is 5.73 Å². The first-order chi connectivity index (χ1) is 17.2. The van der Waals surface area contributed by atoms with E-state index in [1.165, 1.54) is 30.4 Å². The fraction of sp³-hybridized carbons (Fsp3) is 0.393. The molecule has 1 atom stereocenters. The minimum atomic E-state index is -0.272. The Morgan fingerprint density at radius 1 is 1.09 bits per heavy atom. The minimum absolute atomic E-state index is 0.155. The number of nitrogens with zero attached hydrogens (tertiary/aromatic N) is 3. The molecule has 1 aliphatic carbocycles. The summed E-state index contributed by atoms with van der Waals surface area (Å²) in [6, 6.07) is 17.3. The number of nitrogens with one attached hydrogen (secondary N) is 2. The van der Waals surface area contributed by atoms with Gasteiger partial charge in [0.15, 0.2) is 11.5 Å². The van der Waals surface area contributed by atoms with Gasteiger partial charge in [-0.2, -0.15) is 0 Å². The second kappa shape index (κ2) is 11.0. The third-order valence-electron chi connectivity index (χ3n) is 7.09. The number of carbonyl (C=O) groups is 1. The van der Waals surface area contributed by atoms with E-state index < -0.39 is 0 Å². The molecule has 7 heteroatoms. The number of likely N-dealkylation sites (tertiary alicyclic amines) is 1. The minimum Gasteiger partial charge on any atom is -0.382 e. The van der Waals surface area contributed by atoms with E-state index >= 15 is 0 Å². The smallest absolute Gasteiger partial charge is 0.273 e. The molecular weight excluding hydrogens is 436 g/mol. The van der Waals surface area contributed by atoms with Crippen molar-refractivity contribution in [3.63, 3.8) is 0 Å². The van der Waals surface area contributed by atoms with Crippen molar-refractivity contribution in [2.45, 2.75) is 44.7 Å². The summed E-state index contributed by atoms with van der Waals surface area (Å²) in [5, 5.41) is 6.66. The van der Waals surface area contributed by atoms with Crippen LogP contribution in [0.4, 0.5) is 5.82 Å². The summed E-state index contributed by atoms with van der Waals surface area (Å²) >= 11 is 0. The van der Waals surface area contributed by atoms with Crippen LogP contribution < -0.4 is 16.4 Å².